The van der Waals surface area contributed by atoms with Crippen LogP contribution < -0.4 is 10.9 Å². The number of pyridine rings is 2. The van der Waals surface area contributed by atoms with Crippen molar-refractivity contribution in [2.45, 2.75) is 25.4 Å². The number of anilines is 1. The molecule has 0 aliphatic carbocycles. The summed E-state index contributed by atoms with van der Waals surface area (Å²) in [6.45, 7) is 3.08. The van der Waals surface area contributed by atoms with E-state index in [1.807, 2.05) is 36.7 Å². The van der Waals surface area contributed by atoms with E-state index in [2.05, 4.69) is 32.3 Å². The van der Waals surface area contributed by atoms with Crippen LogP contribution in [0.25, 0.3) is 10.8 Å². The minimum Gasteiger partial charge on any atom is -0.381 e. The molecule has 1 aliphatic rings. The van der Waals surface area contributed by atoms with Gasteiger partial charge in [-0.3, -0.25) is 14.7 Å². The fourth-order valence-electron chi connectivity index (χ4n) is 3.58. The molecule has 1 atom stereocenters. The summed E-state index contributed by atoms with van der Waals surface area (Å²) in [5.41, 5.74) is 2.30. The van der Waals surface area contributed by atoms with Crippen molar-refractivity contribution in [2.75, 3.05) is 18.4 Å². The second-order valence-corrected chi connectivity index (χ2v) is 6.69. The van der Waals surface area contributed by atoms with Gasteiger partial charge in [-0.2, -0.15) is 0 Å². The molecule has 2 N–H and O–H groups in total. The molecule has 2 aromatic heterocycles. The predicted octanol–water partition coefficient (Wildman–Crippen LogP) is 3.00. The number of H-pyrrole nitrogens is 1. The van der Waals surface area contributed by atoms with Crippen molar-refractivity contribution < 1.29 is 0 Å². The summed E-state index contributed by atoms with van der Waals surface area (Å²) in [6.07, 6.45) is 7.81. The van der Waals surface area contributed by atoms with Gasteiger partial charge in [-0.1, -0.05) is 6.07 Å². The van der Waals surface area contributed by atoms with Gasteiger partial charge in [0, 0.05) is 48.8 Å². The lowest BCUT2D eigenvalue weighted by Gasteiger charge is -2.33. The van der Waals surface area contributed by atoms with E-state index in [0.717, 1.165) is 42.5 Å². The number of aromatic amines is 1. The molecule has 1 aliphatic heterocycles. The van der Waals surface area contributed by atoms with E-state index in [1.54, 1.807) is 6.20 Å². The molecule has 0 bridgehead atoms. The molecule has 3 aromatic rings. The highest BCUT2D eigenvalue weighted by Crippen LogP contribution is 2.20. The Labute approximate surface area is 146 Å². The highest BCUT2D eigenvalue weighted by Gasteiger charge is 2.20. The zero-order valence-electron chi connectivity index (χ0n) is 14.1. The Balaban J connectivity index is 1.44. The van der Waals surface area contributed by atoms with Gasteiger partial charge in [0.1, 0.15) is 0 Å². The first-order valence-corrected chi connectivity index (χ1v) is 8.77. The van der Waals surface area contributed by atoms with Crippen molar-refractivity contribution in [3.05, 3.63) is 70.9 Å². The maximum Gasteiger partial charge on any atom is 0.255 e. The molecule has 0 unspecified atom stereocenters. The number of aromatic nitrogens is 2. The Kier molecular flexibility index (Phi) is 4.48. The standard InChI is InChI=1S/C20H22N4O/c25-20-19-6-5-17(11-16(19)7-9-22-20)23-18-4-2-10-24(14-18)13-15-3-1-8-21-12-15/h1,3,5-9,11-12,18,23H,2,4,10,13-14H2,(H,22,25)/t18-/m1/s1. The van der Waals surface area contributed by atoms with E-state index in [0.29, 0.717) is 6.04 Å². The minimum absolute atomic E-state index is 0.0376. The maximum atomic E-state index is 11.8. The van der Waals surface area contributed by atoms with Crippen molar-refractivity contribution in [2.24, 2.45) is 0 Å². The molecule has 4 rings (SSSR count). The number of hydrogen-bond donors (Lipinski definition) is 2. The molecule has 25 heavy (non-hydrogen) atoms. The van der Waals surface area contributed by atoms with Crippen molar-refractivity contribution in [3.63, 3.8) is 0 Å². The summed E-state index contributed by atoms with van der Waals surface area (Å²) < 4.78 is 0. The quantitative estimate of drug-likeness (QED) is 0.770. The van der Waals surface area contributed by atoms with Gasteiger partial charge in [0.2, 0.25) is 0 Å². The predicted molar refractivity (Wildman–Crippen MR) is 101 cm³/mol. The summed E-state index contributed by atoms with van der Waals surface area (Å²) in [4.78, 5) is 21.2. The molecule has 1 fully saturated rings. The number of nitrogens with zero attached hydrogens (tertiary/aromatic N) is 2. The Morgan fingerprint density at radius 2 is 2.24 bits per heavy atom. The molecule has 0 spiro atoms. The van der Waals surface area contributed by atoms with Crippen LogP contribution in [0.1, 0.15) is 18.4 Å². The van der Waals surface area contributed by atoms with Crippen molar-refractivity contribution in [1.29, 1.82) is 0 Å². The number of fused-ring (bicyclic) bond motifs is 1. The summed E-state index contributed by atoms with van der Waals surface area (Å²) in [5, 5.41) is 5.34. The van der Waals surface area contributed by atoms with Gasteiger partial charge in [0.05, 0.1) is 0 Å². The zero-order chi connectivity index (χ0) is 17.1. The molecule has 0 radical (unpaired) electrons. The Hall–Kier alpha value is -2.66. The van der Waals surface area contributed by atoms with E-state index in [4.69, 9.17) is 0 Å². The van der Waals surface area contributed by atoms with Crippen LogP contribution in [0.15, 0.2) is 59.8 Å². The van der Waals surface area contributed by atoms with Crippen LogP contribution in [0, 0.1) is 0 Å². The Morgan fingerprint density at radius 3 is 3.12 bits per heavy atom. The Bertz CT molecular complexity index is 906. The largest absolute Gasteiger partial charge is 0.381 e. The lowest BCUT2D eigenvalue weighted by Crippen LogP contribution is -2.41. The van der Waals surface area contributed by atoms with Gasteiger partial charge < -0.3 is 10.3 Å². The van der Waals surface area contributed by atoms with E-state index in [9.17, 15) is 4.79 Å². The van der Waals surface area contributed by atoms with Crippen LogP contribution in [0.5, 0.6) is 0 Å². The normalized spacial score (nSPS) is 18.3. The van der Waals surface area contributed by atoms with Gasteiger partial charge in [-0.15, -0.1) is 0 Å². The second kappa shape index (κ2) is 7.07. The minimum atomic E-state index is -0.0376. The lowest BCUT2D eigenvalue weighted by atomic mass is 10.0. The van der Waals surface area contributed by atoms with Gasteiger partial charge in [-0.05, 0) is 60.7 Å². The maximum absolute atomic E-state index is 11.8. The third-order valence-corrected chi connectivity index (χ3v) is 4.78. The molecular weight excluding hydrogens is 312 g/mol. The molecule has 5 heteroatoms. The van der Waals surface area contributed by atoms with Crippen LogP contribution in [0.2, 0.25) is 0 Å². The fourth-order valence-corrected chi connectivity index (χ4v) is 3.58. The van der Waals surface area contributed by atoms with E-state index >= 15 is 0 Å². The average Bonchev–Trinajstić information content (AvgIpc) is 2.63. The van der Waals surface area contributed by atoms with E-state index in [1.165, 1.54) is 12.0 Å². The number of benzene rings is 1. The highest BCUT2D eigenvalue weighted by atomic mass is 16.1. The van der Waals surface area contributed by atoms with E-state index < -0.39 is 0 Å². The lowest BCUT2D eigenvalue weighted by molar-refractivity contribution is 0.208. The van der Waals surface area contributed by atoms with Crippen LogP contribution >= 0.6 is 0 Å². The average molecular weight is 334 g/mol. The molecule has 1 aromatic carbocycles. The zero-order valence-corrected chi connectivity index (χ0v) is 14.1. The van der Waals surface area contributed by atoms with Crippen LogP contribution in [0.4, 0.5) is 5.69 Å². The first kappa shape index (κ1) is 15.8. The number of rotatable bonds is 4. The van der Waals surface area contributed by atoms with Gasteiger partial charge in [-0.25, -0.2) is 0 Å². The number of nitrogens with one attached hydrogen (secondary N) is 2. The van der Waals surface area contributed by atoms with Gasteiger partial charge >= 0.3 is 0 Å². The van der Waals surface area contributed by atoms with Crippen molar-refractivity contribution in [1.82, 2.24) is 14.9 Å². The van der Waals surface area contributed by atoms with Crippen LogP contribution in [-0.2, 0) is 6.54 Å². The molecule has 0 saturated carbocycles. The highest BCUT2D eigenvalue weighted by molar-refractivity contribution is 5.84. The monoisotopic (exact) mass is 334 g/mol. The molecule has 1 saturated heterocycles. The third-order valence-electron chi connectivity index (χ3n) is 4.78. The summed E-state index contributed by atoms with van der Waals surface area (Å²) in [7, 11) is 0. The van der Waals surface area contributed by atoms with Crippen molar-refractivity contribution >= 4 is 16.5 Å². The molecule has 128 valence electrons. The molecule has 0 amide bonds. The number of likely N-dealkylation sites (tertiary alicyclic amines) is 1. The summed E-state index contributed by atoms with van der Waals surface area (Å²) in [5.74, 6) is 0. The first-order chi connectivity index (χ1) is 12.3. The topological polar surface area (TPSA) is 61.0 Å². The van der Waals surface area contributed by atoms with E-state index in [-0.39, 0.29) is 5.56 Å². The smallest absolute Gasteiger partial charge is 0.255 e. The van der Waals surface area contributed by atoms with Crippen LogP contribution in [-0.4, -0.2) is 34.0 Å². The second-order valence-electron chi connectivity index (χ2n) is 6.69. The summed E-state index contributed by atoms with van der Waals surface area (Å²) in [6, 6.07) is 12.4. The fraction of sp³-hybridized carbons (Fsp3) is 0.300. The summed E-state index contributed by atoms with van der Waals surface area (Å²) >= 11 is 0. The number of piperidine rings is 1. The van der Waals surface area contributed by atoms with Gasteiger partial charge in [0.25, 0.3) is 5.56 Å². The molecule has 5 nitrogen and oxygen atoms in total. The molecule has 3 heterocycles. The SMILES string of the molecule is O=c1[nH]ccc2cc(N[C@@H]3CCCN(Cc4cccnc4)C3)ccc12. The van der Waals surface area contributed by atoms with Gasteiger partial charge in [0.15, 0.2) is 0 Å². The number of hydrogen-bond acceptors (Lipinski definition) is 4. The first-order valence-electron chi connectivity index (χ1n) is 8.77. The third kappa shape index (κ3) is 3.72. The Morgan fingerprint density at radius 1 is 1.28 bits per heavy atom. The van der Waals surface area contributed by atoms with Crippen molar-refractivity contribution in [3.8, 4) is 0 Å². The van der Waals surface area contributed by atoms with Crippen LogP contribution in [0.3, 0.4) is 0 Å². The molecular formula is C20H22N4O.